The van der Waals surface area contributed by atoms with Gasteiger partial charge in [-0.3, -0.25) is 0 Å². The van der Waals surface area contributed by atoms with Crippen LogP contribution in [0.15, 0.2) is 121 Å². The maximum absolute atomic E-state index is 2.38. The first-order valence-electron chi connectivity index (χ1n) is 11.7. The van der Waals surface area contributed by atoms with Crippen LogP contribution in [-0.2, 0) is 0 Å². The average Bonchev–Trinajstić information content (AvgIpc) is 2.88. The molecule has 0 saturated heterocycles. The second kappa shape index (κ2) is 11.6. The fourth-order valence-electron chi connectivity index (χ4n) is 4.71. The molecule has 0 amide bonds. The van der Waals surface area contributed by atoms with Gasteiger partial charge in [0.1, 0.15) is 0 Å². The van der Waals surface area contributed by atoms with Crippen LogP contribution in [0.4, 0.5) is 0 Å². The molecule has 32 heavy (non-hydrogen) atoms. The van der Waals surface area contributed by atoms with E-state index >= 15 is 0 Å². The van der Waals surface area contributed by atoms with Crippen molar-refractivity contribution in [1.82, 2.24) is 0 Å². The van der Waals surface area contributed by atoms with Crippen molar-refractivity contribution in [3.05, 3.63) is 121 Å². The van der Waals surface area contributed by atoms with Gasteiger partial charge in [-0.15, -0.1) is 0 Å². The summed E-state index contributed by atoms with van der Waals surface area (Å²) in [5.41, 5.74) is 0. The molecule has 0 saturated carbocycles. The molecule has 0 aromatic heterocycles. The van der Waals surface area contributed by atoms with Gasteiger partial charge in [-0.2, -0.15) is 0 Å². The van der Waals surface area contributed by atoms with Crippen LogP contribution in [0.1, 0.15) is 19.8 Å². The minimum absolute atomic E-state index is 0.333. The highest BCUT2D eigenvalue weighted by atomic mass is 31.2. The molecule has 0 heterocycles. The number of hydrogen-bond acceptors (Lipinski definition) is 0. The molecule has 0 aliphatic heterocycles. The molecule has 0 spiro atoms. The first-order chi connectivity index (χ1) is 15.8. The van der Waals surface area contributed by atoms with Crippen LogP contribution in [-0.4, -0.2) is 18.5 Å². The predicted molar refractivity (Wildman–Crippen MR) is 148 cm³/mol. The Bertz CT molecular complexity index is 968. The smallest absolute Gasteiger partial charge is 0.0622 e. The van der Waals surface area contributed by atoms with E-state index in [0.29, 0.717) is 0 Å². The van der Waals surface area contributed by atoms with E-state index in [9.17, 15) is 0 Å². The van der Waals surface area contributed by atoms with Gasteiger partial charge in [0, 0.05) is 0 Å². The van der Waals surface area contributed by atoms with E-state index in [1.165, 1.54) is 41.9 Å². The van der Waals surface area contributed by atoms with Crippen molar-refractivity contribution in [1.29, 1.82) is 0 Å². The van der Waals surface area contributed by atoms with Gasteiger partial charge in [-0.05, 0) is 61.8 Å². The summed E-state index contributed by atoms with van der Waals surface area (Å²) < 4.78 is 0. The molecule has 0 unspecified atom stereocenters. The van der Waals surface area contributed by atoms with E-state index in [2.05, 4.69) is 128 Å². The van der Waals surface area contributed by atoms with Crippen LogP contribution in [0.2, 0.25) is 0 Å². The van der Waals surface area contributed by atoms with E-state index < -0.39 is 7.26 Å². The third-order valence-corrected chi connectivity index (χ3v) is 13.6. The molecule has 0 aliphatic rings. The lowest BCUT2D eigenvalue weighted by Crippen LogP contribution is -2.28. The van der Waals surface area contributed by atoms with Crippen LogP contribution in [0.5, 0.6) is 0 Å². The fourth-order valence-corrected chi connectivity index (χ4v) is 11.8. The predicted octanol–water partition coefficient (Wildman–Crippen LogP) is 6.59. The minimum atomic E-state index is -1.43. The Morgan fingerprint density at radius 2 is 0.938 bits per heavy atom. The Morgan fingerprint density at radius 1 is 0.531 bits per heavy atom. The lowest BCUT2D eigenvalue weighted by molar-refractivity contribution is 1.05. The van der Waals surface area contributed by atoms with Crippen molar-refractivity contribution in [2.45, 2.75) is 19.8 Å². The molecule has 162 valence electrons. The van der Waals surface area contributed by atoms with Gasteiger partial charge in [-0.1, -0.05) is 104 Å². The van der Waals surface area contributed by atoms with Crippen LogP contribution in [0.3, 0.4) is 0 Å². The number of hydrogen-bond donors (Lipinski definition) is 0. The fraction of sp³-hybridized carbons (Fsp3) is 0.200. The maximum atomic E-state index is 2.38. The summed E-state index contributed by atoms with van der Waals surface area (Å²) in [5.74, 6) is 0. The van der Waals surface area contributed by atoms with Crippen LogP contribution >= 0.6 is 15.2 Å². The van der Waals surface area contributed by atoms with Gasteiger partial charge >= 0.3 is 0 Å². The van der Waals surface area contributed by atoms with Gasteiger partial charge in [0.05, 0.1) is 30.2 Å². The quantitative estimate of drug-likeness (QED) is 0.237. The SMILES string of the molecule is CCC[P+](CCCP(c1ccccc1)c1ccccc1)(c1ccccc1)c1ccccc1. The van der Waals surface area contributed by atoms with Gasteiger partial charge < -0.3 is 0 Å². The number of rotatable bonds is 10. The summed E-state index contributed by atoms with van der Waals surface area (Å²) in [4.78, 5) is 0. The van der Waals surface area contributed by atoms with Crippen molar-refractivity contribution in [2.75, 3.05) is 18.5 Å². The van der Waals surface area contributed by atoms with E-state index in [1.54, 1.807) is 10.6 Å². The van der Waals surface area contributed by atoms with E-state index in [0.717, 1.165) is 0 Å². The monoisotopic (exact) mass is 455 g/mol. The summed E-state index contributed by atoms with van der Waals surface area (Å²) in [7, 11) is -1.76. The Hall–Kier alpha value is -2.26. The highest BCUT2D eigenvalue weighted by molar-refractivity contribution is 7.89. The van der Waals surface area contributed by atoms with Gasteiger partial charge in [0.2, 0.25) is 0 Å². The molecule has 0 N–H and O–H groups in total. The van der Waals surface area contributed by atoms with Crippen LogP contribution < -0.4 is 21.2 Å². The first kappa shape index (κ1) is 22.9. The second-order valence-corrected chi connectivity index (χ2v) is 14.5. The van der Waals surface area contributed by atoms with Gasteiger partial charge in [0.25, 0.3) is 0 Å². The van der Waals surface area contributed by atoms with Crippen molar-refractivity contribution in [3.63, 3.8) is 0 Å². The third kappa shape index (κ3) is 5.38. The van der Waals surface area contributed by atoms with Crippen molar-refractivity contribution in [2.24, 2.45) is 0 Å². The molecule has 4 rings (SSSR count). The molecular formula is C30H33P2+. The lowest BCUT2D eigenvalue weighted by atomic mass is 10.4. The summed E-state index contributed by atoms with van der Waals surface area (Å²) >= 11 is 0. The highest BCUT2D eigenvalue weighted by Gasteiger charge is 2.41. The van der Waals surface area contributed by atoms with E-state index in [-0.39, 0.29) is 7.92 Å². The van der Waals surface area contributed by atoms with Crippen molar-refractivity contribution < 1.29 is 0 Å². The summed E-state index contributed by atoms with van der Waals surface area (Å²) in [6.45, 7) is 2.35. The largest absolute Gasteiger partial charge is 0.0991 e. The normalized spacial score (nSPS) is 11.6. The zero-order valence-electron chi connectivity index (χ0n) is 19.0. The highest BCUT2D eigenvalue weighted by Crippen LogP contribution is 2.57. The molecule has 4 aromatic carbocycles. The molecule has 0 aliphatic carbocycles. The number of benzene rings is 4. The molecule has 0 fully saturated rings. The Balaban J connectivity index is 1.64. The molecule has 0 radical (unpaired) electrons. The Kier molecular flexibility index (Phi) is 8.28. The first-order valence-corrected chi connectivity index (χ1v) is 15.4. The summed E-state index contributed by atoms with van der Waals surface area (Å²) in [6.07, 6.45) is 6.30. The van der Waals surface area contributed by atoms with E-state index in [1.807, 2.05) is 0 Å². The standard InChI is InChI=1S/C30H33P2/c1-2-25-32(29-20-11-5-12-21-29,30-22-13-6-14-23-30)26-15-24-31(27-16-7-3-8-17-27)28-18-9-4-10-19-28/h3-14,16-23H,2,15,24-26H2,1H3/q+1. The molecule has 0 nitrogen and oxygen atoms in total. The second-order valence-electron chi connectivity index (χ2n) is 8.26. The van der Waals surface area contributed by atoms with Crippen LogP contribution in [0, 0.1) is 0 Å². The molecule has 2 heteroatoms. The Labute approximate surface area is 195 Å². The molecule has 0 atom stereocenters. The zero-order valence-corrected chi connectivity index (χ0v) is 20.8. The molecule has 4 aromatic rings. The lowest BCUT2D eigenvalue weighted by Gasteiger charge is -2.28. The summed E-state index contributed by atoms with van der Waals surface area (Å²) in [6, 6.07) is 45.0. The maximum Gasteiger partial charge on any atom is 0.0991 e. The minimum Gasteiger partial charge on any atom is -0.0622 e. The third-order valence-electron chi connectivity index (χ3n) is 6.16. The zero-order chi connectivity index (χ0) is 22.1. The van der Waals surface area contributed by atoms with Crippen LogP contribution in [0.25, 0.3) is 0 Å². The molecular weight excluding hydrogens is 422 g/mol. The topological polar surface area (TPSA) is 0 Å². The van der Waals surface area contributed by atoms with E-state index in [4.69, 9.17) is 0 Å². The summed E-state index contributed by atoms with van der Waals surface area (Å²) in [5, 5.41) is 6.12. The Morgan fingerprint density at radius 3 is 1.34 bits per heavy atom. The molecule has 0 bridgehead atoms. The van der Waals surface area contributed by atoms with Crippen molar-refractivity contribution in [3.8, 4) is 0 Å². The average molecular weight is 456 g/mol. The van der Waals surface area contributed by atoms with Gasteiger partial charge in [-0.25, -0.2) is 0 Å². The van der Waals surface area contributed by atoms with Crippen molar-refractivity contribution >= 4 is 36.4 Å². The van der Waals surface area contributed by atoms with Gasteiger partial charge in [0.15, 0.2) is 0 Å².